The van der Waals surface area contributed by atoms with Gasteiger partial charge in [-0.25, -0.2) is 4.39 Å². The number of fused-ring (bicyclic) bond motifs is 1. The number of methoxy groups -OCH3 is 1. The Morgan fingerprint density at radius 3 is 2.82 bits per heavy atom. The van der Waals surface area contributed by atoms with Crippen LogP contribution in [0, 0.1) is 17.1 Å². The van der Waals surface area contributed by atoms with E-state index in [1.165, 1.54) is 13.2 Å². The van der Waals surface area contributed by atoms with Gasteiger partial charge in [-0.2, -0.15) is 5.26 Å². The molecule has 0 fully saturated rings. The summed E-state index contributed by atoms with van der Waals surface area (Å²) in [5, 5.41) is 8.55. The molecule has 1 aromatic rings. The average Bonchev–Trinajstić information content (AvgIpc) is 2.35. The van der Waals surface area contributed by atoms with Crippen molar-refractivity contribution in [3.63, 3.8) is 0 Å². The van der Waals surface area contributed by atoms with Crippen LogP contribution in [0.5, 0.6) is 11.5 Å². The summed E-state index contributed by atoms with van der Waals surface area (Å²) in [7, 11) is 1.41. The molecule has 0 aromatic heterocycles. The van der Waals surface area contributed by atoms with Gasteiger partial charge in [0, 0.05) is 5.56 Å². The van der Waals surface area contributed by atoms with Crippen molar-refractivity contribution in [2.75, 3.05) is 13.7 Å². The van der Waals surface area contributed by atoms with Crippen molar-refractivity contribution in [3.05, 3.63) is 23.0 Å². The molecule has 1 aliphatic carbocycles. The first kappa shape index (κ1) is 11.7. The third-order valence-corrected chi connectivity index (χ3v) is 2.99. The van der Waals surface area contributed by atoms with E-state index in [9.17, 15) is 4.39 Å². The Bertz CT molecular complexity index is 465. The second kappa shape index (κ2) is 5.05. The molecule has 2 rings (SSSR count). The van der Waals surface area contributed by atoms with Crippen LogP contribution in [0.3, 0.4) is 0 Å². The van der Waals surface area contributed by atoms with E-state index < -0.39 is 5.82 Å². The highest BCUT2D eigenvalue weighted by atomic mass is 19.1. The number of nitrogens with zero attached hydrogens (tertiary/aromatic N) is 1. The number of rotatable bonds is 3. The molecule has 0 aliphatic heterocycles. The predicted molar refractivity (Wildman–Crippen MR) is 60.7 cm³/mol. The van der Waals surface area contributed by atoms with Gasteiger partial charge >= 0.3 is 0 Å². The zero-order valence-corrected chi connectivity index (χ0v) is 9.75. The van der Waals surface area contributed by atoms with Crippen LogP contribution in [0.1, 0.15) is 24.0 Å². The minimum atomic E-state index is -0.416. The van der Waals surface area contributed by atoms with Crippen LogP contribution in [-0.4, -0.2) is 13.7 Å². The minimum Gasteiger partial charge on any atom is -0.490 e. The summed E-state index contributed by atoms with van der Waals surface area (Å²) in [4.78, 5) is 0. The summed E-state index contributed by atoms with van der Waals surface area (Å²) in [5.74, 6) is 0.103. The van der Waals surface area contributed by atoms with Crippen molar-refractivity contribution in [1.29, 1.82) is 5.26 Å². The van der Waals surface area contributed by atoms with E-state index in [2.05, 4.69) is 0 Å². The van der Waals surface area contributed by atoms with Gasteiger partial charge in [0.1, 0.15) is 6.07 Å². The lowest BCUT2D eigenvalue weighted by Gasteiger charge is -2.21. The molecule has 0 N–H and O–H groups in total. The van der Waals surface area contributed by atoms with Gasteiger partial charge in [-0.3, -0.25) is 0 Å². The fraction of sp³-hybridized carbons (Fsp3) is 0.462. The first-order valence-corrected chi connectivity index (χ1v) is 5.66. The highest BCUT2D eigenvalue weighted by Gasteiger charge is 2.22. The minimum absolute atomic E-state index is 0.0910. The van der Waals surface area contributed by atoms with Crippen LogP contribution in [0.4, 0.5) is 4.39 Å². The molecule has 0 saturated carbocycles. The first-order chi connectivity index (χ1) is 8.27. The molecular formula is C13H14FNO2. The number of ether oxygens (including phenoxy) is 2. The molecule has 0 saturated heterocycles. The van der Waals surface area contributed by atoms with Crippen LogP contribution in [0.25, 0.3) is 0 Å². The van der Waals surface area contributed by atoms with E-state index in [0.717, 1.165) is 36.8 Å². The summed E-state index contributed by atoms with van der Waals surface area (Å²) in [5.41, 5.74) is 1.97. The molecule has 3 nitrogen and oxygen atoms in total. The molecular weight excluding hydrogens is 221 g/mol. The lowest BCUT2D eigenvalue weighted by atomic mass is 9.90. The maximum Gasteiger partial charge on any atom is 0.197 e. The Balaban J connectivity index is 2.50. The van der Waals surface area contributed by atoms with Gasteiger partial charge in [0.25, 0.3) is 0 Å². The summed E-state index contributed by atoms with van der Waals surface area (Å²) < 4.78 is 24.1. The third kappa shape index (κ3) is 2.19. The number of benzene rings is 1. The van der Waals surface area contributed by atoms with Gasteiger partial charge in [-0.05, 0) is 37.3 Å². The maximum atomic E-state index is 13.8. The summed E-state index contributed by atoms with van der Waals surface area (Å²) >= 11 is 0. The molecule has 0 atom stereocenters. The topological polar surface area (TPSA) is 42.2 Å². The van der Waals surface area contributed by atoms with Gasteiger partial charge in [0.15, 0.2) is 23.9 Å². The third-order valence-electron chi connectivity index (χ3n) is 2.99. The molecule has 0 amide bonds. The van der Waals surface area contributed by atoms with E-state index in [0.29, 0.717) is 5.75 Å². The first-order valence-electron chi connectivity index (χ1n) is 5.66. The van der Waals surface area contributed by atoms with Crippen molar-refractivity contribution in [2.45, 2.75) is 25.7 Å². The molecule has 90 valence electrons. The molecule has 1 aromatic carbocycles. The average molecular weight is 235 g/mol. The largest absolute Gasteiger partial charge is 0.490 e. The van der Waals surface area contributed by atoms with Crippen LogP contribution in [-0.2, 0) is 12.8 Å². The number of halogens is 1. The molecule has 0 radical (unpaired) electrons. The summed E-state index contributed by atoms with van der Waals surface area (Å²) in [6.45, 7) is -0.0910. The van der Waals surface area contributed by atoms with Crippen molar-refractivity contribution < 1.29 is 13.9 Å². The van der Waals surface area contributed by atoms with Crippen LogP contribution in [0.15, 0.2) is 6.07 Å². The quantitative estimate of drug-likeness (QED) is 0.808. The summed E-state index contributed by atoms with van der Waals surface area (Å²) in [6.07, 6.45) is 3.84. The van der Waals surface area contributed by atoms with Crippen molar-refractivity contribution >= 4 is 0 Å². The normalized spacial score (nSPS) is 13.7. The number of hydrogen-bond donors (Lipinski definition) is 0. The van der Waals surface area contributed by atoms with E-state index in [1.54, 1.807) is 0 Å². The second-order valence-electron chi connectivity index (χ2n) is 4.01. The molecule has 0 bridgehead atoms. The number of aryl methyl sites for hydroxylation is 1. The van der Waals surface area contributed by atoms with Gasteiger partial charge in [0.2, 0.25) is 0 Å². The molecule has 0 unspecified atom stereocenters. The molecule has 4 heteroatoms. The summed E-state index contributed by atoms with van der Waals surface area (Å²) in [6, 6.07) is 3.41. The van der Waals surface area contributed by atoms with E-state index in [-0.39, 0.29) is 12.4 Å². The zero-order chi connectivity index (χ0) is 12.3. The van der Waals surface area contributed by atoms with E-state index in [1.807, 2.05) is 6.07 Å². The standard InChI is InChI=1S/C13H14FNO2/c1-16-13-11(14)8-9-4-2-3-5-10(9)12(13)17-7-6-15/h8H,2-5,7H2,1H3. The van der Waals surface area contributed by atoms with Crippen LogP contribution in [0.2, 0.25) is 0 Å². The monoisotopic (exact) mass is 235 g/mol. The van der Waals surface area contributed by atoms with Crippen molar-refractivity contribution in [3.8, 4) is 17.6 Å². The smallest absolute Gasteiger partial charge is 0.197 e. The van der Waals surface area contributed by atoms with E-state index in [4.69, 9.17) is 14.7 Å². The Kier molecular flexibility index (Phi) is 3.48. The molecule has 1 aliphatic rings. The highest BCUT2D eigenvalue weighted by molar-refractivity contribution is 5.52. The van der Waals surface area contributed by atoms with Gasteiger partial charge in [-0.1, -0.05) is 0 Å². The Labute approximate surface area is 99.8 Å². The fourth-order valence-electron chi connectivity index (χ4n) is 2.26. The molecule has 0 heterocycles. The van der Waals surface area contributed by atoms with Crippen molar-refractivity contribution in [1.82, 2.24) is 0 Å². The number of hydrogen-bond acceptors (Lipinski definition) is 3. The zero-order valence-electron chi connectivity index (χ0n) is 9.75. The lowest BCUT2D eigenvalue weighted by molar-refractivity contribution is 0.312. The Morgan fingerprint density at radius 1 is 1.35 bits per heavy atom. The predicted octanol–water partition coefficient (Wildman–Crippen LogP) is 2.62. The maximum absolute atomic E-state index is 13.8. The van der Waals surface area contributed by atoms with Crippen molar-refractivity contribution in [2.24, 2.45) is 0 Å². The number of nitriles is 1. The highest BCUT2D eigenvalue weighted by Crippen LogP contribution is 2.39. The Hall–Kier alpha value is -1.76. The second-order valence-corrected chi connectivity index (χ2v) is 4.01. The molecule has 17 heavy (non-hydrogen) atoms. The van der Waals surface area contributed by atoms with Gasteiger partial charge < -0.3 is 9.47 Å². The van der Waals surface area contributed by atoms with Gasteiger partial charge in [-0.15, -0.1) is 0 Å². The Morgan fingerprint density at radius 2 is 2.12 bits per heavy atom. The van der Waals surface area contributed by atoms with E-state index >= 15 is 0 Å². The van der Waals surface area contributed by atoms with Crippen LogP contribution < -0.4 is 9.47 Å². The molecule has 0 spiro atoms. The van der Waals surface area contributed by atoms with Crippen LogP contribution >= 0.6 is 0 Å². The SMILES string of the molecule is COc1c(F)cc2c(c1OCC#N)CCCC2. The van der Waals surface area contributed by atoms with Gasteiger partial charge in [0.05, 0.1) is 7.11 Å². The lowest BCUT2D eigenvalue weighted by Crippen LogP contribution is -2.09. The fourth-order valence-corrected chi connectivity index (χ4v) is 2.26.